The van der Waals surface area contributed by atoms with Crippen molar-refractivity contribution in [3.05, 3.63) is 35.6 Å². The largest absolute Gasteiger partial charge is 0.294 e. The summed E-state index contributed by atoms with van der Waals surface area (Å²) in [4.78, 5) is 11.4. The Morgan fingerprint density at radius 2 is 1.76 bits per heavy atom. The molecule has 2 rings (SSSR count). The summed E-state index contributed by atoms with van der Waals surface area (Å²) in [5.41, 5.74) is 3.37. The van der Waals surface area contributed by atoms with Gasteiger partial charge in [0.2, 0.25) is 5.91 Å². The zero-order valence-electron chi connectivity index (χ0n) is 9.66. The van der Waals surface area contributed by atoms with Gasteiger partial charge in [-0.3, -0.25) is 10.2 Å². The SMILES string of the molecule is NNC(=O)C1CCC(c2ccc(F)cc2)CC1. The Morgan fingerprint density at radius 1 is 1.18 bits per heavy atom. The number of rotatable bonds is 2. The molecule has 0 unspecified atom stereocenters. The molecule has 0 heterocycles. The molecule has 1 fully saturated rings. The highest BCUT2D eigenvalue weighted by molar-refractivity contribution is 5.78. The normalized spacial score (nSPS) is 24.4. The number of nitrogens with one attached hydrogen (secondary N) is 1. The second kappa shape index (κ2) is 5.27. The summed E-state index contributed by atoms with van der Waals surface area (Å²) in [6.07, 6.45) is 3.63. The van der Waals surface area contributed by atoms with Crippen LogP contribution in [0.1, 0.15) is 37.2 Å². The summed E-state index contributed by atoms with van der Waals surface area (Å²) in [5.74, 6) is 5.33. The van der Waals surface area contributed by atoms with Crippen molar-refractivity contribution >= 4 is 5.91 Å². The summed E-state index contributed by atoms with van der Waals surface area (Å²) < 4.78 is 12.8. The van der Waals surface area contributed by atoms with E-state index in [0.717, 1.165) is 31.2 Å². The van der Waals surface area contributed by atoms with Gasteiger partial charge in [0, 0.05) is 5.92 Å². The van der Waals surface area contributed by atoms with Crippen LogP contribution in [0.5, 0.6) is 0 Å². The van der Waals surface area contributed by atoms with Crippen LogP contribution in [-0.2, 0) is 4.79 Å². The fourth-order valence-electron chi connectivity index (χ4n) is 2.54. The first-order chi connectivity index (χ1) is 8.20. The first-order valence-electron chi connectivity index (χ1n) is 5.96. The second-order valence-electron chi connectivity index (χ2n) is 4.61. The van der Waals surface area contributed by atoms with Crippen LogP contribution in [0.25, 0.3) is 0 Å². The predicted octanol–water partition coefficient (Wildman–Crippen LogP) is 2.09. The lowest BCUT2D eigenvalue weighted by molar-refractivity contribution is -0.126. The zero-order chi connectivity index (χ0) is 12.3. The molecule has 0 aromatic heterocycles. The van der Waals surface area contributed by atoms with Crippen molar-refractivity contribution in [3.8, 4) is 0 Å². The van der Waals surface area contributed by atoms with Gasteiger partial charge in [-0.05, 0) is 49.3 Å². The van der Waals surface area contributed by atoms with Crippen LogP contribution in [0.2, 0.25) is 0 Å². The highest BCUT2D eigenvalue weighted by Gasteiger charge is 2.26. The molecule has 1 aliphatic rings. The lowest BCUT2D eigenvalue weighted by Crippen LogP contribution is -2.37. The third kappa shape index (κ3) is 2.82. The lowest BCUT2D eigenvalue weighted by atomic mass is 9.78. The Morgan fingerprint density at radius 3 is 2.29 bits per heavy atom. The summed E-state index contributed by atoms with van der Waals surface area (Å²) in [6.45, 7) is 0. The number of nitrogens with two attached hydrogens (primary N) is 1. The molecule has 1 aromatic carbocycles. The average molecular weight is 236 g/mol. The van der Waals surface area contributed by atoms with Gasteiger partial charge < -0.3 is 0 Å². The van der Waals surface area contributed by atoms with Gasteiger partial charge in [-0.1, -0.05) is 12.1 Å². The van der Waals surface area contributed by atoms with Crippen LogP contribution in [0.4, 0.5) is 4.39 Å². The van der Waals surface area contributed by atoms with Gasteiger partial charge >= 0.3 is 0 Å². The quantitative estimate of drug-likeness (QED) is 0.469. The minimum atomic E-state index is -0.204. The fraction of sp³-hybridized carbons (Fsp3) is 0.462. The lowest BCUT2D eigenvalue weighted by Gasteiger charge is -2.27. The molecule has 0 aliphatic heterocycles. The van der Waals surface area contributed by atoms with Gasteiger partial charge in [0.25, 0.3) is 0 Å². The maximum atomic E-state index is 12.8. The van der Waals surface area contributed by atoms with Crippen molar-refractivity contribution in [2.45, 2.75) is 31.6 Å². The van der Waals surface area contributed by atoms with E-state index < -0.39 is 0 Å². The molecule has 0 radical (unpaired) electrons. The molecule has 0 atom stereocenters. The van der Waals surface area contributed by atoms with E-state index in [0.29, 0.717) is 5.92 Å². The van der Waals surface area contributed by atoms with E-state index in [1.807, 2.05) is 12.1 Å². The Bertz CT molecular complexity index is 383. The van der Waals surface area contributed by atoms with Gasteiger partial charge in [-0.15, -0.1) is 0 Å². The summed E-state index contributed by atoms with van der Waals surface area (Å²) in [5, 5.41) is 0. The van der Waals surface area contributed by atoms with Crippen molar-refractivity contribution in [2.24, 2.45) is 11.8 Å². The van der Waals surface area contributed by atoms with Crippen molar-refractivity contribution in [1.29, 1.82) is 0 Å². The number of hydrogen-bond acceptors (Lipinski definition) is 2. The van der Waals surface area contributed by atoms with E-state index in [1.54, 1.807) is 0 Å². The van der Waals surface area contributed by atoms with Crippen molar-refractivity contribution in [3.63, 3.8) is 0 Å². The molecule has 0 bridgehead atoms. The van der Waals surface area contributed by atoms with Gasteiger partial charge in [0.05, 0.1) is 0 Å². The molecule has 0 saturated heterocycles. The maximum absolute atomic E-state index is 12.8. The standard InChI is InChI=1S/C13H17FN2O/c14-12-7-5-10(6-8-12)9-1-3-11(4-2-9)13(17)16-15/h5-9,11H,1-4,15H2,(H,16,17). The molecule has 1 saturated carbocycles. The van der Waals surface area contributed by atoms with Crippen LogP contribution in [0.3, 0.4) is 0 Å². The summed E-state index contributed by atoms with van der Waals surface area (Å²) >= 11 is 0. The van der Waals surface area contributed by atoms with Gasteiger partial charge in [-0.25, -0.2) is 10.2 Å². The number of hydrogen-bond donors (Lipinski definition) is 2. The fourth-order valence-corrected chi connectivity index (χ4v) is 2.54. The molecular weight excluding hydrogens is 219 g/mol. The van der Waals surface area contributed by atoms with E-state index in [4.69, 9.17) is 5.84 Å². The number of hydrazine groups is 1. The Hall–Kier alpha value is -1.42. The van der Waals surface area contributed by atoms with Crippen LogP contribution in [-0.4, -0.2) is 5.91 Å². The van der Waals surface area contributed by atoms with E-state index >= 15 is 0 Å². The van der Waals surface area contributed by atoms with Crippen LogP contribution in [0, 0.1) is 11.7 Å². The first kappa shape index (κ1) is 12.0. The van der Waals surface area contributed by atoms with E-state index in [9.17, 15) is 9.18 Å². The van der Waals surface area contributed by atoms with Crippen LogP contribution in [0.15, 0.2) is 24.3 Å². The second-order valence-corrected chi connectivity index (χ2v) is 4.61. The minimum absolute atomic E-state index is 0.0386. The Balaban J connectivity index is 1.95. The monoisotopic (exact) mass is 236 g/mol. The average Bonchev–Trinajstić information content (AvgIpc) is 2.39. The number of halogens is 1. The Kier molecular flexibility index (Phi) is 3.74. The molecule has 4 heteroatoms. The molecule has 1 amide bonds. The molecular formula is C13H17FN2O. The highest BCUT2D eigenvalue weighted by atomic mass is 19.1. The number of carbonyl (C=O) groups excluding carboxylic acids is 1. The van der Waals surface area contributed by atoms with E-state index in [-0.39, 0.29) is 17.6 Å². The molecule has 3 N–H and O–H groups in total. The molecule has 0 spiro atoms. The molecule has 17 heavy (non-hydrogen) atoms. The minimum Gasteiger partial charge on any atom is -0.294 e. The number of carbonyl (C=O) groups is 1. The van der Waals surface area contributed by atoms with Crippen LogP contribution < -0.4 is 11.3 Å². The van der Waals surface area contributed by atoms with Gasteiger partial charge in [-0.2, -0.15) is 0 Å². The molecule has 1 aromatic rings. The maximum Gasteiger partial charge on any atom is 0.236 e. The third-order valence-electron chi connectivity index (χ3n) is 3.58. The number of benzene rings is 1. The Labute approximate surface area is 100 Å². The smallest absolute Gasteiger partial charge is 0.236 e. The van der Waals surface area contributed by atoms with Crippen LogP contribution >= 0.6 is 0 Å². The predicted molar refractivity (Wildman–Crippen MR) is 63.4 cm³/mol. The molecule has 1 aliphatic carbocycles. The zero-order valence-corrected chi connectivity index (χ0v) is 9.66. The van der Waals surface area contributed by atoms with Crippen molar-refractivity contribution < 1.29 is 9.18 Å². The summed E-state index contributed by atoms with van der Waals surface area (Å²) in [6, 6.07) is 6.66. The highest BCUT2D eigenvalue weighted by Crippen LogP contribution is 2.35. The summed E-state index contributed by atoms with van der Waals surface area (Å²) in [7, 11) is 0. The van der Waals surface area contributed by atoms with Crippen molar-refractivity contribution in [2.75, 3.05) is 0 Å². The van der Waals surface area contributed by atoms with E-state index in [1.165, 1.54) is 12.1 Å². The van der Waals surface area contributed by atoms with Gasteiger partial charge in [0.15, 0.2) is 0 Å². The van der Waals surface area contributed by atoms with Crippen molar-refractivity contribution in [1.82, 2.24) is 5.43 Å². The third-order valence-corrected chi connectivity index (χ3v) is 3.58. The number of amides is 1. The first-order valence-corrected chi connectivity index (χ1v) is 5.96. The molecule has 3 nitrogen and oxygen atoms in total. The topological polar surface area (TPSA) is 55.1 Å². The molecule has 92 valence electrons. The van der Waals surface area contributed by atoms with Gasteiger partial charge in [0.1, 0.15) is 5.82 Å². The van der Waals surface area contributed by atoms with E-state index in [2.05, 4.69) is 5.43 Å².